The normalized spacial score (nSPS) is 24.2. The van der Waals surface area contributed by atoms with Crippen LogP contribution in [0.3, 0.4) is 0 Å². The summed E-state index contributed by atoms with van der Waals surface area (Å²) in [7, 11) is 1.97. The van der Waals surface area contributed by atoms with Crippen LogP contribution in [-0.2, 0) is 14.3 Å². The van der Waals surface area contributed by atoms with Crippen LogP contribution in [0, 0.1) is 5.92 Å². The number of carbonyl (C=O) groups excluding carboxylic acids is 2. The van der Waals surface area contributed by atoms with Crippen molar-refractivity contribution in [2.45, 2.75) is 89.6 Å². The van der Waals surface area contributed by atoms with Crippen molar-refractivity contribution in [3.8, 4) is 0 Å². The molecule has 2 saturated heterocycles. The molecule has 0 radical (unpaired) electrons. The van der Waals surface area contributed by atoms with Crippen LogP contribution in [-0.4, -0.2) is 85.0 Å². The third kappa shape index (κ3) is 6.94. The Hall–Kier alpha value is -1.14. The molecule has 1 saturated carbocycles. The molecule has 2 amide bonds. The quantitative estimate of drug-likeness (QED) is 0.603. The molecule has 0 aromatic carbocycles. The summed E-state index contributed by atoms with van der Waals surface area (Å²) >= 11 is 0. The Bertz CT molecular complexity index is 544. The highest BCUT2D eigenvalue weighted by atomic mass is 16.5. The number of hydrogen-bond donors (Lipinski definition) is 0. The summed E-state index contributed by atoms with van der Waals surface area (Å²) in [5.74, 6) is 1.23. The maximum absolute atomic E-state index is 12.7. The first-order valence-electron chi connectivity index (χ1n) is 12.4. The number of ether oxygens (including phenoxy) is 1. The first-order valence-corrected chi connectivity index (χ1v) is 12.4. The Labute approximate surface area is 183 Å². The van der Waals surface area contributed by atoms with E-state index in [-0.39, 0.29) is 5.91 Å². The molecule has 3 aliphatic rings. The van der Waals surface area contributed by atoms with Crippen LogP contribution < -0.4 is 0 Å². The summed E-state index contributed by atoms with van der Waals surface area (Å²) in [6.45, 7) is 6.70. The van der Waals surface area contributed by atoms with Crippen LogP contribution in [0.2, 0.25) is 0 Å². The zero-order chi connectivity index (χ0) is 21.3. The lowest BCUT2D eigenvalue weighted by atomic mass is 9.86. The van der Waals surface area contributed by atoms with Gasteiger partial charge < -0.3 is 14.5 Å². The first kappa shape index (κ1) is 23.5. The van der Waals surface area contributed by atoms with Gasteiger partial charge in [0.25, 0.3) is 0 Å². The van der Waals surface area contributed by atoms with Gasteiger partial charge in [0.15, 0.2) is 0 Å². The molecular formula is C24H43N3O3. The summed E-state index contributed by atoms with van der Waals surface area (Å²) in [5, 5.41) is 0. The summed E-state index contributed by atoms with van der Waals surface area (Å²) in [6, 6.07) is 0.901. The van der Waals surface area contributed by atoms with Gasteiger partial charge in [0.2, 0.25) is 11.8 Å². The maximum atomic E-state index is 12.7. The summed E-state index contributed by atoms with van der Waals surface area (Å²) in [6.07, 6.45) is 12.7. The Balaban J connectivity index is 1.51. The van der Waals surface area contributed by atoms with Crippen molar-refractivity contribution >= 4 is 11.8 Å². The van der Waals surface area contributed by atoms with Crippen molar-refractivity contribution in [2.75, 3.05) is 46.4 Å². The molecule has 3 fully saturated rings. The van der Waals surface area contributed by atoms with E-state index in [1.807, 2.05) is 16.8 Å². The number of amides is 2. The Morgan fingerprint density at radius 1 is 0.933 bits per heavy atom. The topological polar surface area (TPSA) is 53.1 Å². The van der Waals surface area contributed by atoms with Gasteiger partial charge >= 0.3 is 0 Å². The van der Waals surface area contributed by atoms with Crippen LogP contribution in [0.5, 0.6) is 0 Å². The van der Waals surface area contributed by atoms with E-state index in [1.54, 1.807) is 6.92 Å². The molecule has 1 aliphatic carbocycles. The fraction of sp³-hybridized carbons (Fsp3) is 0.917. The predicted octanol–water partition coefficient (Wildman–Crippen LogP) is 3.30. The minimum Gasteiger partial charge on any atom is -0.381 e. The van der Waals surface area contributed by atoms with Gasteiger partial charge in [-0.2, -0.15) is 0 Å². The minimum atomic E-state index is 0.182. The highest BCUT2D eigenvalue weighted by molar-refractivity contribution is 5.75. The Morgan fingerprint density at radius 3 is 2.37 bits per heavy atom. The summed E-state index contributed by atoms with van der Waals surface area (Å²) in [4.78, 5) is 31.2. The van der Waals surface area contributed by atoms with E-state index in [4.69, 9.17) is 4.74 Å². The van der Waals surface area contributed by atoms with Crippen molar-refractivity contribution in [3.05, 3.63) is 0 Å². The Kier molecular flexibility index (Phi) is 9.44. The van der Waals surface area contributed by atoms with Crippen molar-refractivity contribution in [1.29, 1.82) is 0 Å². The highest BCUT2D eigenvalue weighted by Crippen LogP contribution is 2.27. The van der Waals surface area contributed by atoms with E-state index >= 15 is 0 Å². The second-order valence-electron chi connectivity index (χ2n) is 9.70. The van der Waals surface area contributed by atoms with E-state index in [9.17, 15) is 9.59 Å². The van der Waals surface area contributed by atoms with Gasteiger partial charge in [-0.15, -0.1) is 0 Å². The van der Waals surface area contributed by atoms with Crippen LogP contribution in [0.15, 0.2) is 0 Å². The van der Waals surface area contributed by atoms with E-state index in [0.29, 0.717) is 24.4 Å². The largest absolute Gasteiger partial charge is 0.381 e. The highest BCUT2D eigenvalue weighted by Gasteiger charge is 2.32. The summed E-state index contributed by atoms with van der Waals surface area (Å²) in [5.41, 5.74) is 0. The maximum Gasteiger partial charge on any atom is 0.222 e. The predicted molar refractivity (Wildman–Crippen MR) is 119 cm³/mol. The smallest absolute Gasteiger partial charge is 0.222 e. The number of nitrogens with zero attached hydrogens (tertiary/aromatic N) is 3. The van der Waals surface area contributed by atoms with E-state index in [2.05, 4.69) is 4.90 Å². The van der Waals surface area contributed by atoms with E-state index < -0.39 is 0 Å². The fourth-order valence-electron chi connectivity index (χ4n) is 5.58. The molecule has 0 aromatic rings. The third-order valence-electron chi connectivity index (χ3n) is 7.58. The van der Waals surface area contributed by atoms with E-state index in [0.717, 1.165) is 77.4 Å². The zero-order valence-electron chi connectivity index (χ0n) is 19.3. The van der Waals surface area contributed by atoms with Crippen molar-refractivity contribution < 1.29 is 14.3 Å². The molecule has 1 unspecified atom stereocenters. The molecular weight excluding hydrogens is 378 g/mol. The molecule has 0 N–H and O–H groups in total. The second-order valence-corrected chi connectivity index (χ2v) is 9.70. The molecule has 1 atom stereocenters. The van der Waals surface area contributed by atoms with Gasteiger partial charge in [-0.3, -0.25) is 14.5 Å². The third-order valence-corrected chi connectivity index (χ3v) is 7.58. The van der Waals surface area contributed by atoms with Crippen molar-refractivity contribution in [2.24, 2.45) is 5.92 Å². The van der Waals surface area contributed by atoms with Crippen LogP contribution in [0.1, 0.15) is 77.6 Å². The fourth-order valence-corrected chi connectivity index (χ4v) is 5.58. The number of likely N-dealkylation sites (tertiary alicyclic amines) is 1. The van der Waals surface area contributed by atoms with Gasteiger partial charge in [0.05, 0.1) is 0 Å². The van der Waals surface area contributed by atoms with Gasteiger partial charge in [0.1, 0.15) is 0 Å². The number of piperidine rings is 1. The van der Waals surface area contributed by atoms with Crippen molar-refractivity contribution in [1.82, 2.24) is 14.7 Å². The number of hydrogen-bond acceptors (Lipinski definition) is 4. The van der Waals surface area contributed by atoms with Crippen molar-refractivity contribution in [3.63, 3.8) is 0 Å². The SMILES string of the molecule is CC(=O)N1CCCC(N(CCN(C)C(=O)CCC2CCCCC2)C2CCOCC2)C1. The monoisotopic (exact) mass is 421 g/mol. The second kappa shape index (κ2) is 12.0. The number of likely N-dealkylation sites (N-methyl/N-ethyl adjacent to an activating group) is 1. The molecule has 2 heterocycles. The molecule has 0 bridgehead atoms. The number of carbonyl (C=O) groups is 2. The van der Waals surface area contributed by atoms with Gasteiger partial charge in [-0.25, -0.2) is 0 Å². The van der Waals surface area contributed by atoms with Crippen LogP contribution in [0.4, 0.5) is 0 Å². The van der Waals surface area contributed by atoms with E-state index in [1.165, 1.54) is 32.1 Å². The molecule has 172 valence electrons. The average molecular weight is 422 g/mol. The lowest BCUT2D eigenvalue weighted by molar-refractivity contribution is -0.131. The molecule has 3 rings (SSSR count). The molecule has 6 heteroatoms. The van der Waals surface area contributed by atoms with Crippen LogP contribution >= 0.6 is 0 Å². The van der Waals surface area contributed by atoms with Crippen LogP contribution in [0.25, 0.3) is 0 Å². The van der Waals surface area contributed by atoms with Gasteiger partial charge in [0, 0.05) is 71.9 Å². The molecule has 0 aromatic heterocycles. The molecule has 0 spiro atoms. The summed E-state index contributed by atoms with van der Waals surface area (Å²) < 4.78 is 5.59. The standard InChI is InChI=1S/C24H43N3O3/c1-20(28)26-14-6-9-23(19-26)27(22-12-17-30-18-13-22)16-15-25(2)24(29)11-10-21-7-4-3-5-8-21/h21-23H,3-19H2,1-2H3. The average Bonchev–Trinajstić information content (AvgIpc) is 2.79. The molecule has 2 aliphatic heterocycles. The molecule has 6 nitrogen and oxygen atoms in total. The number of rotatable bonds is 8. The molecule has 30 heavy (non-hydrogen) atoms. The first-order chi connectivity index (χ1) is 14.5. The minimum absolute atomic E-state index is 0.182. The Morgan fingerprint density at radius 2 is 1.67 bits per heavy atom. The lowest BCUT2D eigenvalue weighted by Crippen LogP contribution is -2.55. The lowest BCUT2D eigenvalue weighted by Gasteiger charge is -2.44. The van der Waals surface area contributed by atoms with Gasteiger partial charge in [-0.05, 0) is 38.0 Å². The van der Waals surface area contributed by atoms with Gasteiger partial charge in [-0.1, -0.05) is 32.1 Å². The zero-order valence-corrected chi connectivity index (χ0v) is 19.3.